The number of ether oxygens (including phenoxy) is 1. The number of rotatable bonds is 5. The minimum atomic E-state index is -0.575. The number of fused-ring (bicyclic) bond motifs is 1. The van der Waals surface area contributed by atoms with Crippen molar-refractivity contribution in [2.75, 3.05) is 11.5 Å². The van der Waals surface area contributed by atoms with E-state index in [4.69, 9.17) is 27.9 Å². The maximum atomic E-state index is 13.0. The van der Waals surface area contributed by atoms with Crippen LogP contribution in [0.2, 0.25) is 10.0 Å². The summed E-state index contributed by atoms with van der Waals surface area (Å²) < 4.78 is 18.6. The Hall–Kier alpha value is -3.22. The molecule has 3 aromatic carbocycles. The highest BCUT2D eigenvalue weighted by Gasteiger charge is 2.38. The number of nitrogens with zero attached hydrogens (tertiary/aromatic N) is 1. The molecule has 1 aliphatic heterocycles. The van der Waals surface area contributed by atoms with Crippen LogP contribution < -0.4 is 9.64 Å². The fourth-order valence-electron chi connectivity index (χ4n) is 3.08. The number of ketones is 1. The van der Waals surface area contributed by atoms with Crippen LogP contribution >= 0.6 is 23.2 Å². The van der Waals surface area contributed by atoms with Gasteiger partial charge in [0.1, 0.15) is 11.6 Å². The Morgan fingerprint density at radius 2 is 1.47 bits per heavy atom. The summed E-state index contributed by atoms with van der Waals surface area (Å²) in [5.41, 5.74) is 0.722. The van der Waals surface area contributed by atoms with Gasteiger partial charge in [0, 0.05) is 5.56 Å². The minimum absolute atomic E-state index is 0.131. The first-order valence-electron chi connectivity index (χ1n) is 8.75. The van der Waals surface area contributed by atoms with E-state index in [1.54, 1.807) is 12.1 Å². The molecule has 0 aromatic heterocycles. The third kappa shape index (κ3) is 3.56. The molecule has 3 aromatic rings. The van der Waals surface area contributed by atoms with E-state index in [-0.39, 0.29) is 50.6 Å². The minimum Gasteiger partial charge on any atom is -0.483 e. The Bertz CT molecular complexity index is 1150. The molecule has 0 radical (unpaired) electrons. The lowest BCUT2D eigenvalue weighted by Crippen LogP contribution is -2.30. The van der Waals surface area contributed by atoms with Crippen molar-refractivity contribution in [1.82, 2.24) is 0 Å². The van der Waals surface area contributed by atoms with Crippen LogP contribution in [0.25, 0.3) is 0 Å². The molecule has 30 heavy (non-hydrogen) atoms. The number of anilines is 1. The molecule has 0 aliphatic carbocycles. The Morgan fingerprint density at radius 1 is 0.900 bits per heavy atom. The molecule has 0 fully saturated rings. The summed E-state index contributed by atoms with van der Waals surface area (Å²) in [6.45, 7) is -0.358. The van der Waals surface area contributed by atoms with E-state index in [1.165, 1.54) is 48.5 Å². The van der Waals surface area contributed by atoms with E-state index in [9.17, 15) is 18.8 Å². The molecule has 0 spiro atoms. The molecule has 1 aliphatic rings. The first kappa shape index (κ1) is 20.1. The standard InChI is InChI=1S/C22H12Cl2FNO4/c23-16-9-14-15(10-17(16)24)22(29)26(21(14)28)18-3-1-2-4-20(18)30-11-19(27)12-5-7-13(25)8-6-12/h1-10H,11H2. The van der Waals surface area contributed by atoms with Crippen LogP contribution in [0.3, 0.4) is 0 Å². The zero-order valence-electron chi connectivity index (χ0n) is 15.2. The number of amides is 2. The van der Waals surface area contributed by atoms with E-state index >= 15 is 0 Å². The average molecular weight is 444 g/mol. The van der Waals surface area contributed by atoms with Crippen LogP contribution in [-0.4, -0.2) is 24.2 Å². The van der Waals surface area contributed by atoms with Crippen LogP contribution in [-0.2, 0) is 0 Å². The summed E-state index contributed by atoms with van der Waals surface area (Å²) >= 11 is 12.0. The van der Waals surface area contributed by atoms with Crippen LogP contribution in [0.5, 0.6) is 5.75 Å². The molecule has 150 valence electrons. The molecule has 5 nitrogen and oxygen atoms in total. The zero-order valence-corrected chi connectivity index (χ0v) is 16.7. The Kier molecular flexibility index (Phi) is 5.28. The number of hydrogen-bond donors (Lipinski definition) is 0. The summed E-state index contributed by atoms with van der Waals surface area (Å²) in [4.78, 5) is 39.0. The molecular weight excluding hydrogens is 432 g/mol. The number of carbonyl (C=O) groups excluding carboxylic acids is 3. The predicted molar refractivity (Wildman–Crippen MR) is 110 cm³/mol. The van der Waals surface area contributed by atoms with Crippen molar-refractivity contribution in [3.8, 4) is 5.75 Å². The quantitative estimate of drug-likeness (QED) is 0.401. The van der Waals surface area contributed by atoms with Gasteiger partial charge in [0.15, 0.2) is 12.4 Å². The fraction of sp³-hybridized carbons (Fsp3) is 0.0455. The summed E-state index contributed by atoms with van der Waals surface area (Å²) in [6.07, 6.45) is 0. The number of para-hydroxylation sites is 2. The number of halogens is 3. The lowest BCUT2D eigenvalue weighted by atomic mass is 10.1. The molecule has 2 amide bonds. The van der Waals surface area contributed by atoms with Crippen molar-refractivity contribution in [3.63, 3.8) is 0 Å². The fourth-order valence-corrected chi connectivity index (χ4v) is 3.41. The molecule has 4 rings (SSSR count). The summed E-state index contributed by atoms with van der Waals surface area (Å²) in [7, 11) is 0. The van der Waals surface area contributed by atoms with Gasteiger partial charge in [-0.1, -0.05) is 35.3 Å². The smallest absolute Gasteiger partial charge is 0.266 e. The van der Waals surface area contributed by atoms with Crippen LogP contribution in [0.4, 0.5) is 10.1 Å². The van der Waals surface area contributed by atoms with Crippen LogP contribution in [0.15, 0.2) is 60.7 Å². The highest BCUT2D eigenvalue weighted by Crippen LogP contribution is 2.37. The van der Waals surface area contributed by atoms with Crippen LogP contribution in [0, 0.1) is 5.82 Å². The van der Waals surface area contributed by atoms with Crippen molar-refractivity contribution in [2.45, 2.75) is 0 Å². The Labute approximate surface area is 180 Å². The second kappa shape index (κ2) is 7.89. The molecule has 0 bridgehead atoms. The normalized spacial score (nSPS) is 12.8. The van der Waals surface area contributed by atoms with Gasteiger partial charge in [-0.2, -0.15) is 0 Å². The largest absolute Gasteiger partial charge is 0.483 e. The highest BCUT2D eigenvalue weighted by molar-refractivity contribution is 6.44. The second-order valence-electron chi connectivity index (χ2n) is 6.44. The third-order valence-corrected chi connectivity index (χ3v) is 5.28. The van der Waals surface area contributed by atoms with Gasteiger partial charge in [0.05, 0.1) is 26.9 Å². The highest BCUT2D eigenvalue weighted by atomic mass is 35.5. The molecule has 0 atom stereocenters. The number of benzene rings is 3. The van der Waals surface area contributed by atoms with Gasteiger partial charge in [0.25, 0.3) is 11.8 Å². The van der Waals surface area contributed by atoms with Gasteiger partial charge >= 0.3 is 0 Å². The first-order valence-corrected chi connectivity index (χ1v) is 9.51. The predicted octanol–water partition coefficient (Wildman–Crippen LogP) is 5.19. The SMILES string of the molecule is O=C(COc1ccccc1N1C(=O)c2cc(Cl)c(Cl)cc2C1=O)c1ccc(F)cc1. The molecular formula is C22H12Cl2FNO4. The van der Waals surface area contributed by atoms with Crippen molar-refractivity contribution in [3.05, 3.63) is 93.2 Å². The van der Waals surface area contributed by atoms with Gasteiger partial charge in [-0.15, -0.1) is 0 Å². The maximum Gasteiger partial charge on any atom is 0.266 e. The van der Waals surface area contributed by atoms with Gasteiger partial charge in [-0.05, 0) is 48.5 Å². The van der Waals surface area contributed by atoms with Crippen molar-refractivity contribution in [1.29, 1.82) is 0 Å². The maximum absolute atomic E-state index is 13.0. The van der Waals surface area contributed by atoms with E-state index in [0.717, 1.165) is 4.90 Å². The van der Waals surface area contributed by atoms with E-state index in [0.29, 0.717) is 0 Å². The molecule has 0 unspecified atom stereocenters. The van der Waals surface area contributed by atoms with Gasteiger partial charge in [-0.3, -0.25) is 14.4 Å². The number of hydrogen-bond acceptors (Lipinski definition) is 4. The van der Waals surface area contributed by atoms with Crippen molar-refractivity contribution >= 4 is 46.5 Å². The summed E-state index contributed by atoms with van der Waals surface area (Å²) in [5.74, 6) is -1.82. The lowest BCUT2D eigenvalue weighted by molar-refractivity contribution is 0.0922. The van der Waals surface area contributed by atoms with Crippen LogP contribution in [0.1, 0.15) is 31.1 Å². The molecule has 0 N–H and O–H groups in total. The molecule has 0 saturated heterocycles. The zero-order chi connectivity index (χ0) is 21.4. The first-order chi connectivity index (χ1) is 14.4. The van der Waals surface area contributed by atoms with E-state index < -0.39 is 17.6 Å². The third-order valence-electron chi connectivity index (χ3n) is 4.56. The van der Waals surface area contributed by atoms with Gasteiger partial charge in [0.2, 0.25) is 0 Å². The van der Waals surface area contributed by atoms with E-state index in [1.807, 2.05) is 0 Å². The summed E-state index contributed by atoms with van der Waals surface area (Å²) in [5, 5.41) is 0.320. The van der Waals surface area contributed by atoms with Gasteiger partial charge in [-0.25, -0.2) is 9.29 Å². The Balaban J connectivity index is 1.61. The average Bonchev–Trinajstić information content (AvgIpc) is 2.97. The lowest BCUT2D eigenvalue weighted by Gasteiger charge is -2.18. The van der Waals surface area contributed by atoms with Gasteiger partial charge < -0.3 is 4.74 Å². The Morgan fingerprint density at radius 3 is 2.07 bits per heavy atom. The molecule has 8 heteroatoms. The summed E-state index contributed by atoms with van der Waals surface area (Å²) in [6, 6.07) is 14.1. The number of imide groups is 1. The van der Waals surface area contributed by atoms with E-state index in [2.05, 4.69) is 0 Å². The topological polar surface area (TPSA) is 63.7 Å². The molecule has 1 heterocycles. The number of carbonyl (C=O) groups is 3. The molecule has 0 saturated carbocycles. The van der Waals surface area contributed by atoms with Crippen molar-refractivity contribution in [2.24, 2.45) is 0 Å². The number of Topliss-reactive ketones (excluding diaryl/α,β-unsaturated/α-hetero) is 1. The second-order valence-corrected chi connectivity index (χ2v) is 7.26. The van der Waals surface area contributed by atoms with Crippen molar-refractivity contribution < 1.29 is 23.5 Å². The monoisotopic (exact) mass is 443 g/mol.